The molecule has 8 heteroatoms. The Bertz CT molecular complexity index is 1210. The van der Waals surface area contributed by atoms with Crippen LogP contribution >= 0.6 is 11.3 Å². The number of benzene rings is 1. The number of hydrogen-bond acceptors (Lipinski definition) is 7. The predicted molar refractivity (Wildman–Crippen MR) is 131 cm³/mol. The Morgan fingerprint density at radius 2 is 1.85 bits per heavy atom. The lowest BCUT2D eigenvalue weighted by Gasteiger charge is -2.36. The molecule has 3 aliphatic rings. The molecular formula is C25H27N5O2S. The van der Waals surface area contributed by atoms with E-state index in [1.54, 1.807) is 11.3 Å². The number of carbonyl (C=O) groups is 2. The van der Waals surface area contributed by atoms with E-state index in [9.17, 15) is 9.59 Å². The van der Waals surface area contributed by atoms with Gasteiger partial charge in [-0.3, -0.25) is 9.59 Å². The maximum absolute atomic E-state index is 12.3. The summed E-state index contributed by atoms with van der Waals surface area (Å²) in [6.45, 7) is 1.57. The monoisotopic (exact) mass is 461 g/mol. The number of amides is 1. The minimum Gasteiger partial charge on any atom is -0.370 e. The Kier molecular flexibility index (Phi) is 5.05. The number of ketones is 1. The van der Waals surface area contributed by atoms with Crippen molar-refractivity contribution in [1.29, 1.82) is 0 Å². The van der Waals surface area contributed by atoms with Crippen molar-refractivity contribution in [2.24, 2.45) is 11.7 Å². The maximum atomic E-state index is 12.3. The zero-order chi connectivity index (χ0) is 22.5. The van der Waals surface area contributed by atoms with Crippen LogP contribution in [0.3, 0.4) is 0 Å². The van der Waals surface area contributed by atoms with E-state index in [0.29, 0.717) is 25.0 Å². The van der Waals surface area contributed by atoms with E-state index in [4.69, 9.17) is 15.7 Å². The molecular weight excluding hydrogens is 434 g/mol. The Balaban J connectivity index is 1.46. The molecule has 3 atom stereocenters. The normalized spacial score (nSPS) is 24.7. The molecule has 2 bridgehead atoms. The number of fused-ring (bicyclic) bond motifs is 3. The molecule has 1 amide bonds. The minimum atomic E-state index is -0.251. The lowest BCUT2D eigenvalue weighted by atomic mass is 10.00. The van der Waals surface area contributed by atoms with Gasteiger partial charge in [-0.05, 0) is 30.7 Å². The van der Waals surface area contributed by atoms with Gasteiger partial charge in [-0.25, -0.2) is 4.98 Å². The van der Waals surface area contributed by atoms with Gasteiger partial charge in [-0.2, -0.15) is 4.98 Å². The average molecular weight is 462 g/mol. The molecule has 3 fully saturated rings. The number of piperidine rings is 1. The van der Waals surface area contributed by atoms with Gasteiger partial charge < -0.3 is 15.5 Å². The summed E-state index contributed by atoms with van der Waals surface area (Å²) in [6, 6.07) is 10.8. The highest BCUT2D eigenvalue weighted by atomic mass is 32.1. The van der Waals surface area contributed by atoms with Gasteiger partial charge in [0.15, 0.2) is 0 Å². The summed E-state index contributed by atoms with van der Waals surface area (Å²) in [6.07, 6.45) is 4.60. The van der Waals surface area contributed by atoms with Crippen LogP contribution in [0.2, 0.25) is 0 Å². The summed E-state index contributed by atoms with van der Waals surface area (Å²) in [7, 11) is 0. The van der Waals surface area contributed by atoms with Crippen molar-refractivity contribution in [2.75, 3.05) is 22.9 Å². The maximum Gasteiger partial charge on any atom is 0.228 e. The molecule has 0 aliphatic carbocycles. The minimum absolute atomic E-state index is 0.215. The molecule has 3 unspecified atom stereocenters. The fourth-order valence-corrected chi connectivity index (χ4v) is 6.79. The summed E-state index contributed by atoms with van der Waals surface area (Å²) in [5, 5.41) is 3.27. The van der Waals surface area contributed by atoms with E-state index < -0.39 is 0 Å². The average Bonchev–Trinajstić information content (AvgIpc) is 3.50. The third-order valence-electron chi connectivity index (χ3n) is 7.34. The van der Waals surface area contributed by atoms with Gasteiger partial charge in [0.2, 0.25) is 11.9 Å². The van der Waals surface area contributed by atoms with Crippen molar-refractivity contribution >= 4 is 45.0 Å². The van der Waals surface area contributed by atoms with Gasteiger partial charge in [-0.15, -0.1) is 11.3 Å². The molecule has 3 aromatic rings. The topological polar surface area (TPSA) is 92.4 Å². The number of thiophene rings is 1. The second-order valence-electron chi connectivity index (χ2n) is 9.55. The Morgan fingerprint density at radius 3 is 2.58 bits per heavy atom. The summed E-state index contributed by atoms with van der Waals surface area (Å²) in [5.41, 5.74) is 7.75. The van der Waals surface area contributed by atoms with Crippen LogP contribution < -0.4 is 15.5 Å². The van der Waals surface area contributed by atoms with Crippen molar-refractivity contribution in [3.63, 3.8) is 0 Å². The standard InChI is InChI=1S/C25H27N5O2S/c26-21(32)10-15-8-9-29(13-15)25-27-23(30-17-6-7-18(30)12-19(31)11-17)22-20(14-33-24(22)28-25)16-4-2-1-3-5-16/h1-5,14-15,17-18H,6-13H2,(H2,26,32). The van der Waals surface area contributed by atoms with Crippen molar-refractivity contribution in [1.82, 2.24) is 9.97 Å². The van der Waals surface area contributed by atoms with Crippen LogP contribution in [-0.2, 0) is 9.59 Å². The first-order valence-corrected chi connectivity index (χ1v) is 12.6. The lowest BCUT2D eigenvalue weighted by molar-refractivity contribution is -0.120. The lowest BCUT2D eigenvalue weighted by Crippen LogP contribution is -2.44. The number of Topliss-reactive ketones (excluding diaryl/α,β-unsaturated/α-hetero) is 1. The number of carbonyl (C=O) groups excluding carboxylic acids is 2. The Morgan fingerprint density at radius 1 is 1.09 bits per heavy atom. The van der Waals surface area contributed by atoms with Gasteiger partial charge in [0, 0.05) is 55.4 Å². The van der Waals surface area contributed by atoms with Crippen LogP contribution in [0.5, 0.6) is 0 Å². The third kappa shape index (κ3) is 3.66. The predicted octanol–water partition coefficient (Wildman–Crippen LogP) is 3.76. The van der Waals surface area contributed by atoms with Crippen LogP contribution in [0.25, 0.3) is 21.3 Å². The van der Waals surface area contributed by atoms with Crippen LogP contribution in [-0.4, -0.2) is 46.8 Å². The van der Waals surface area contributed by atoms with Crippen molar-refractivity contribution in [3.05, 3.63) is 35.7 Å². The first-order chi connectivity index (χ1) is 16.1. The van der Waals surface area contributed by atoms with E-state index in [-0.39, 0.29) is 23.9 Å². The van der Waals surface area contributed by atoms with Gasteiger partial charge in [0.05, 0.1) is 5.39 Å². The molecule has 2 aromatic heterocycles. The third-order valence-corrected chi connectivity index (χ3v) is 8.21. The molecule has 0 radical (unpaired) electrons. The molecule has 170 valence electrons. The molecule has 2 N–H and O–H groups in total. The van der Waals surface area contributed by atoms with Crippen LogP contribution in [0, 0.1) is 5.92 Å². The van der Waals surface area contributed by atoms with Crippen LogP contribution in [0.1, 0.15) is 38.5 Å². The van der Waals surface area contributed by atoms with Crippen LogP contribution in [0.15, 0.2) is 35.7 Å². The number of nitrogens with zero attached hydrogens (tertiary/aromatic N) is 4. The SMILES string of the molecule is NC(=O)CC1CCN(c2nc(N3C4CCC3CC(=O)C4)c3c(-c4ccccc4)csc3n2)C1. The molecule has 5 heterocycles. The molecule has 1 aromatic carbocycles. The summed E-state index contributed by atoms with van der Waals surface area (Å²) in [5.74, 6) is 2.05. The van der Waals surface area contributed by atoms with E-state index in [1.165, 1.54) is 0 Å². The Hall–Kier alpha value is -3.00. The fraction of sp³-hybridized carbons (Fsp3) is 0.440. The van der Waals surface area contributed by atoms with E-state index >= 15 is 0 Å². The first kappa shape index (κ1) is 20.6. The Labute approximate surface area is 196 Å². The quantitative estimate of drug-likeness (QED) is 0.622. The molecule has 7 nitrogen and oxygen atoms in total. The number of rotatable bonds is 5. The van der Waals surface area contributed by atoms with Gasteiger partial charge in [-0.1, -0.05) is 30.3 Å². The fourth-order valence-electron chi connectivity index (χ4n) is 5.85. The number of anilines is 2. The summed E-state index contributed by atoms with van der Waals surface area (Å²) in [4.78, 5) is 39.4. The number of hydrogen-bond donors (Lipinski definition) is 1. The molecule has 3 aliphatic heterocycles. The smallest absolute Gasteiger partial charge is 0.228 e. The van der Waals surface area contributed by atoms with Gasteiger partial charge in [0.25, 0.3) is 0 Å². The highest BCUT2D eigenvalue weighted by Gasteiger charge is 2.42. The second kappa shape index (κ2) is 8.09. The van der Waals surface area contributed by atoms with Gasteiger partial charge >= 0.3 is 0 Å². The number of nitrogens with two attached hydrogens (primary N) is 1. The zero-order valence-electron chi connectivity index (χ0n) is 18.4. The van der Waals surface area contributed by atoms with Crippen molar-refractivity contribution in [3.8, 4) is 11.1 Å². The van der Waals surface area contributed by atoms with Crippen molar-refractivity contribution in [2.45, 2.75) is 50.6 Å². The summed E-state index contributed by atoms with van der Waals surface area (Å²) < 4.78 is 0. The molecule has 33 heavy (non-hydrogen) atoms. The molecule has 6 rings (SSSR count). The molecule has 0 saturated carbocycles. The van der Waals surface area contributed by atoms with Gasteiger partial charge in [0.1, 0.15) is 16.4 Å². The van der Waals surface area contributed by atoms with E-state index in [2.05, 4.69) is 39.4 Å². The highest BCUT2D eigenvalue weighted by Crippen LogP contribution is 2.45. The zero-order valence-corrected chi connectivity index (χ0v) is 19.3. The van der Waals surface area contributed by atoms with Crippen molar-refractivity contribution < 1.29 is 9.59 Å². The highest BCUT2D eigenvalue weighted by molar-refractivity contribution is 7.17. The largest absolute Gasteiger partial charge is 0.370 e. The van der Waals surface area contributed by atoms with E-state index in [1.807, 2.05) is 6.07 Å². The van der Waals surface area contributed by atoms with E-state index in [0.717, 1.165) is 65.5 Å². The number of aromatic nitrogens is 2. The first-order valence-electron chi connectivity index (χ1n) is 11.7. The molecule has 3 saturated heterocycles. The summed E-state index contributed by atoms with van der Waals surface area (Å²) >= 11 is 1.65. The number of primary amides is 1. The molecule has 0 spiro atoms. The second-order valence-corrected chi connectivity index (χ2v) is 10.4. The van der Waals surface area contributed by atoms with Crippen LogP contribution in [0.4, 0.5) is 11.8 Å².